The molecule has 1 aromatic rings. The maximum Gasteiger partial charge on any atom is 0.257 e. The summed E-state index contributed by atoms with van der Waals surface area (Å²) in [5.74, 6) is -1.92. The molecule has 1 atom stereocenters. The maximum atomic E-state index is 13.7. The Hall–Kier alpha value is -1.49. The predicted molar refractivity (Wildman–Crippen MR) is 68.7 cm³/mol. The van der Waals surface area contributed by atoms with Crippen molar-refractivity contribution in [2.75, 3.05) is 6.54 Å². The van der Waals surface area contributed by atoms with Crippen molar-refractivity contribution in [2.45, 2.75) is 38.3 Å². The summed E-state index contributed by atoms with van der Waals surface area (Å²) < 4.78 is 26.5. The van der Waals surface area contributed by atoms with Crippen LogP contribution in [0.3, 0.4) is 0 Å². The number of halogens is 2. The van der Waals surface area contributed by atoms with E-state index in [1.165, 1.54) is 6.07 Å². The van der Waals surface area contributed by atoms with E-state index in [1.807, 2.05) is 13.8 Å². The molecule has 2 N–H and O–H groups in total. The molecular formula is C14H18F2N2O. The molecule has 0 aromatic heterocycles. The minimum atomic E-state index is -0.823. The Labute approximate surface area is 111 Å². The minimum Gasteiger partial charge on any atom is -0.333 e. The van der Waals surface area contributed by atoms with Crippen LogP contribution < -0.4 is 5.73 Å². The number of rotatable bonds is 1. The Bertz CT molecular complexity index is 502. The molecule has 1 unspecified atom stereocenters. The van der Waals surface area contributed by atoms with Gasteiger partial charge in [0.1, 0.15) is 11.6 Å². The number of hydrogen-bond acceptors (Lipinski definition) is 2. The van der Waals surface area contributed by atoms with Gasteiger partial charge in [0.15, 0.2) is 0 Å². The zero-order valence-corrected chi connectivity index (χ0v) is 11.1. The van der Waals surface area contributed by atoms with Gasteiger partial charge in [-0.25, -0.2) is 8.78 Å². The smallest absolute Gasteiger partial charge is 0.257 e. The van der Waals surface area contributed by atoms with Crippen LogP contribution in [0, 0.1) is 11.6 Å². The summed E-state index contributed by atoms with van der Waals surface area (Å²) >= 11 is 0. The van der Waals surface area contributed by atoms with Gasteiger partial charge >= 0.3 is 0 Å². The monoisotopic (exact) mass is 268 g/mol. The second-order valence-electron chi connectivity index (χ2n) is 5.65. The lowest BCUT2D eigenvalue weighted by atomic mass is 9.87. The van der Waals surface area contributed by atoms with Crippen LogP contribution in [0.2, 0.25) is 0 Å². The standard InChI is InChI=1S/C14H18F2N2O/c1-14(2)8-10(17)5-6-18(14)13(19)11-4-3-9(15)7-12(11)16/h3-4,7,10H,5-6,8,17H2,1-2H3. The number of nitrogens with zero attached hydrogens (tertiary/aromatic N) is 1. The second-order valence-corrected chi connectivity index (χ2v) is 5.65. The Morgan fingerprint density at radius 3 is 2.68 bits per heavy atom. The molecule has 1 amide bonds. The van der Waals surface area contributed by atoms with Crippen LogP contribution in [-0.4, -0.2) is 28.9 Å². The third-order valence-electron chi connectivity index (χ3n) is 3.62. The first-order valence-electron chi connectivity index (χ1n) is 6.34. The SMILES string of the molecule is CC1(C)CC(N)CCN1C(=O)c1ccc(F)cc1F. The van der Waals surface area contributed by atoms with Gasteiger partial charge in [0.2, 0.25) is 0 Å². The molecule has 1 fully saturated rings. The molecule has 5 heteroatoms. The molecule has 0 aliphatic carbocycles. The van der Waals surface area contributed by atoms with Gasteiger partial charge in [0, 0.05) is 24.2 Å². The topological polar surface area (TPSA) is 46.3 Å². The fraction of sp³-hybridized carbons (Fsp3) is 0.500. The highest BCUT2D eigenvalue weighted by Crippen LogP contribution is 2.29. The quantitative estimate of drug-likeness (QED) is 0.849. The van der Waals surface area contributed by atoms with Crippen LogP contribution in [0.15, 0.2) is 18.2 Å². The van der Waals surface area contributed by atoms with Gasteiger partial charge in [-0.15, -0.1) is 0 Å². The van der Waals surface area contributed by atoms with E-state index in [1.54, 1.807) is 4.90 Å². The molecule has 0 spiro atoms. The van der Waals surface area contributed by atoms with Crippen molar-refractivity contribution in [2.24, 2.45) is 5.73 Å². The molecular weight excluding hydrogens is 250 g/mol. The van der Waals surface area contributed by atoms with E-state index < -0.39 is 23.1 Å². The molecule has 0 saturated carbocycles. The van der Waals surface area contributed by atoms with Crippen molar-refractivity contribution >= 4 is 5.91 Å². The summed E-state index contributed by atoms with van der Waals surface area (Å²) in [6, 6.07) is 3.07. The molecule has 2 rings (SSSR count). The number of nitrogens with two attached hydrogens (primary N) is 1. The van der Waals surface area contributed by atoms with Gasteiger partial charge in [-0.1, -0.05) is 0 Å². The van der Waals surface area contributed by atoms with Crippen molar-refractivity contribution in [3.63, 3.8) is 0 Å². The molecule has 1 aliphatic heterocycles. The first kappa shape index (κ1) is 13.9. The molecule has 1 aromatic carbocycles. The molecule has 3 nitrogen and oxygen atoms in total. The van der Waals surface area contributed by atoms with Crippen LogP contribution in [-0.2, 0) is 0 Å². The van der Waals surface area contributed by atoms with Crippen molar-refractivity contribution in [1.29, 1.82) is 0 Å². The summed E-state index contributed by atoms with van der Waals surface area (Å²) in [5, 5.41) is 0. The molecule has 1 saturated heterocycles. The van der Waals surface area contributed by atoms with E-state index in [2.05, 4.69) is 0 Å². The summed E-state index contributed by atoms with van der Waals surface area (Å²) in [6.45, 7) is 4.31. The summed E-state index contributed by atoms with van der Waals surface area (Å²) in [7, 11) is 0. The van der Waals surface area contributed by atoms with E-state index >= 15 is 0 Å². The molecule has 0 bridgehead atoms. The van der Waals surface area contributed by atoms with Crippen molar-refractivity contribution in [3.8, 4) is 0 Å². The minimum absolute atomic E-state index is 0.0529. The third kappa shape index (κ3) is 2.76. The van der Waals surface area contributed by atoms with Gasteiger partial charge in [0.05, 0.1) is 5.56 Å². The van der Waals surface area contributed by atoms with E-state index in [4.69, 9.17) is 5.73 Å². The molecule has 1 aliphatic rings. The Morgan fingerprint density at radius 1 is 1.42 bits per heavy atom. The number of hydrogen-bond donors (Lipinski definition) is 1. The molecule has 0 radical (unpaired) electrons. The average molecular weight is 268 g/mol. The van der Waals surface area contributed by atoms with Crippen LogP contribution in [0.5, 0.6) is 0 Å². The Balaban J connectivity index is 2.28. The van der Waals surface area contributed by atoms with Gasteiger partial charge in [-0.3, -0.25) is 4.79 Å². The first-order chi connectivity index (χ1) is 8.81. The third-order valence-corrected chi connectivity index (χ3v) is 3.62. The first-order valence-corrected chi connectivity index (χ1v) is 6.34. The average Bonchev–Trinajstić information content (AvgIpc) is 2.26. The molecule has 1 heterocycles. The summed E-state index contributed by atoms with van der Waals surface area (Å²) in [4.78, 5) is 14.0. The van der Waals surface area contributed by atoms with Gasteiger partial charge in [0.25, 0.3) is 5.91 Å². The lowest BCUT2D eigenvalue weighted by Gasteiger charge is -2.44. The zero-order valence-electron chi connectivity index (χ0n) is 11.1. The maximum absolute atomic E-state index is 13.7. The Morgan fingerprint density at radius 2 is 2.11 bits per heavy atom. The fourth-order valence-corrected chi connectivity index (χ4v) is 2.64. The largest absolute Gasteiger partial charge is 0.333 e. The number of carbonyl (C=O) groups is 1. The second kappa shape index (κ2) is 4.89. The normalized spacial score (nSPS) is 22.4. The van der Waals surface area contributed by atoms with Crippen LogP contribution >= 0.6 is 0 Å². The zero-order chi connectivity index (χ0) is 14.2. The van der Waals surface area contributed by atoms with Gasteiger partial charge < -0.3 is 10.6 Å². The van der Waals surface area contributed by atoms with Crippen LogP contribution in [0.1, 0.15) is 37.0 Å². The van der Waals surface area contributed by atoms with E-state index in [0.29, 0.717) is 19.4 Å². The van der Waals surface area contributed by atoms with Gasteiger partial charge in [-0.05, 0) is 38.8 Å². The van der Waals surface area contributed by atoms with E-state index in [-0.39, 0.29) is 11.6 Å². The molecule has 19 heavy (non-hydrogen) atoms. The Kier molecular flexibility index (Phi) is 3.58. The predicted octanol–water partition coefficient (Wildman–Crippen LogP) is 2.31. The lowest BCUT2D eigenvalue weighted by molar-refractivity contribution is 0.0396. The van der Waals surface area contributed by atoms with Crippen LogP contribution in [0.25, 0.3) is 0 Å². The number of likely N-dealkylation sites (tertiary alicyclic amines) is 1. The number of benzene rings is 1. The number of amides is 1. The fourth-order valence-electron chi connectivity index (χ4n) is 2.64. The number of piperidine rings is 1. The summed E-state index contributed by atoms with van der Waals surface area (Å²) in [5.41, 5.74) is 5.39. The van der Waals surface area contributed by atoms with Gasteiger partial charge in [-0.2, -0.15) is 0 Å². The summed E-state index contributed by atoms with van der Waals surface area (Å²) in [6.07, 6.45) is 1.36. The molecule has 104 valence electrons. The van der Waals surface area contributed by atoms with Crippen molar-refractivity contribution < 1.29 is 13.6 Å². The lowest BCUT2D eigenvalue weighted by Crippen LogP contribution is -2.55. The number of carbonyl (C=O) groups excluding carboxylic acids is 1. The van der Waals surface area contributed by atoms with Crippen molar-refractivity contribution in [1.82, 2.24) is 4.90 Å². The van der Waals surface area contributed by atoms with Crippen LogP contribution in [0.4, 0.5) is 8.78 Å². The van der Waals surface area contributed by atoms with E-state index in [0.717, 1.165) is 12.1 Å². The highest BCUT2D eigenvalue weighted by atomic mass is 19.1. The highest BCUT2D eigenvalue weighted by Gasteiger charge is 2.37. The highest BCUT2D eigenvalue weighted by molar-refractivity contribution is 5.95. The van der Waals surface area contributed by atoms with Crippen molar-refractivity contribution in [3.05, 3.63) is 35.4 Å². The van der Waals surface area contributed by atoms with E-state index in [9.17, 15) is 13.6 Å².